The van der Waals surface area contributed by atoms with Gasteiger partial charge in [0.2, 0.25) is 0 Å². The van der Waals surface area contributed by atoms with E-state index >= 15 is 0 Å². The third-order valence-electron chi connectivity index (χ3n) is 3.16. The second-order valence-corrected chi connectivity index (χ2v) is 4.88. The summed E-state index contributed by atoms with van der Waals surface area (Å²) in [6.45, 7) is 3.72. The summed E-state index contributed by atoms with van der Waals surface area (Å²) in [6.07, 6.45) is 0. The molecule has 0 spiro atoms. The largest absolute Gasteiger partial charge is 0.478 e. The molecule has 0 atom stereocenters. The first-order valence-corrected chi connectivity index (χ1v) is 6.40. The van der Waals surface area contributed by atoms with E-state index in [1.165, 1.54) is 12.1 Å². The normalized spacial score (nSPS) is 10.2. The number of nitrogens with two attached hydrogens (primary N) is 1. The van der Waals surface area contributed by atoms with Gasteiger partial charge in [-0.3, -0.25) is 4.79 Å². The van der Waals surface area contributed by atoms with Crippen molar-refractivity contribution in [2.75, 3.05) is 11.1 Å². The summed E-state index contributed by atoms with van der Waals surface area (Å²) in [4.78, 5) is 23.5. The number of hydrogen-bond donors (Lipinski definition) is 3. The van der Waals surface area contributed by atoms with Crippen LogP contribution in [0.15, 0.2) is 36.4 Å². The maximum atomic E-state index is 12.3. The van der Waals surface area contributed by atoms with Crippen molar-refractivity contribution < 1.29 is 14.7 Å². The van der Waals surface area contributed by atoms with Crippen molar-refractivity contribution in [3.05, 3.63) is 58.7 Å². The number of carboxylic acid groups (broad SMARTS) is 1. The molecule has 5 heteroatoms. The van der Waals surface area contributed by atoms with Gasteiger partial charge < -0.3 is 16.2 Å². The molecular weight excluding hydrogens is 268 g/mol. The standard InChI is InChI=1S/C16H16N2O3/c1-9-3-4-10(2)12(7-9)15(19)18-14-6-5-11(17)8-13(14)16(20)21/h3-8H,17H2,1-2H3,(H,18,19)(H,20,21). The van der Waals surface area contributed by atoms with E-state index < -0.39 is 5.97 Å². The van der Waals surface area contributed by atoms with Crippen LogP contribution in [0.4, 0.5) is 11.4 Å². The molecule has 1 amide bonds. The first-order valence-electron chi connectivity index (χ1n) is 6.40. The van der Waals surface area contributed by atoms with Crippen LogP contribution in [-0.2, 0) is 0 Å². The van der Waals surface area contributed by atoms with Crippen molar-refractivity contribution in [3.63, 3.8) is 0 Å². The number of rotatable bonds is 3. The lowest BCUT2D eigenvalue weighted by atomic mass is 10.0. The highest BCUT2D eigenvalue weighted by atomic mass is 16.4. The highest BCUT2D eigenvalue weighted by Crippen LogP contribution is 2.21. The zero-order valence-corrected chi connectivity index (χ0v) is 11.8. The summed E-state index contributed by atoms with van der Waals surface area (Å²) in [5, 5.41) is 11.8. The third kappa shape index (κ3) is 3.20. The highest BCUT2D eigenvalue weighted by molar-refractivity contribution is 6.08. The van der Waals surface area contributed by atoms with E-state index in [2.05, 4.69) is 5.32 Å². The maximum absolute atomic E-state index is 12.3. The van der Waals surface area contributed by atoms with Gasteiger partial charge in [0.25, 0.3) is 5.91 Å². The maximum Gasteiger partial charge on any atom is 0.337 e. The van der Waals surface area contributed by atoms with Gasteiger partial charge in [-0.05, 0) is 43.7 Å². The molecule has 0 saturated carbocycles. The predicted octanol–water partition coefficient (Wildman–Crippen LogP) is 2.84. The molecule has 0 aromatic heterocycles. The number of amides is 1. The molecule has 0 unspecified atom stereocenters. The molecule has 5 nitrogen and oxygen atoms in total. The van der Waals surface area contributed by atoms with Crippen molar-refractivity contribution in [1.82, 2.24) is 0 Å². The van der Waals surface area contributed by atoms with Crippen LogP contribution in [0.25, 0.3) is 0 Å². The SMILES string of the molecule is Cc1ccc(C)c(C(=O)Nc2ccc(N)cc2C(=O)O)c1. The molecule has 0 aliphatic rings. The average molecular weight is 284 g/mol. The van der Waals surface area contributed by atoms with Gasteiger partial charge in [-0.2, -0.15) is 0 Å². The predicted molar refractivity (Wildman–Crippen MR) is 81.7 cm³/mol. The topological polar surface area (TPSA) is 92.4 Å². The highest BCUT2D eigenvalue weighted by Gasteiger charge is 2.15. The smallest absolute Gasteiger partial charge is 0.337 e. The van der Waals surface area contributed by atoms with E-state index in [4.69, 9.17) is 10.8 Å². The lowest BCUT2D eigenvalue weighted by molar-refractivity contribution is 0.0698. The number of carbonyl (C=O) groups excluding carboxylic acids is 1. The molecule has 2 rings (SSSR count). The fourth-order valence-electron chi connectivity index (χ4n) is 2.02. The Morgan fingerprint density at radius 1 is 1.05 bits per heavy atom. The van der Waals surface area contributed by atoms with Gasteiger partial charge in [0, 0.05) is 11.3 Å². The molecule has 0 aliphatic carbocycles. The van der Waals surface area contributed by atoms with Crippen LogP contribution in [0.5, 0.6) is 0 Å². The summed E-state index contributed by atoms with van der Waals surface area (Å²) >= 11 is 0. The van der Waals surface area contributed by atoms with Gasteiger partial charge in [-0.1, -0.05) is 17.7 Å². The van der Waals surface area contributed by atoms with Gasteiger partial charge in [0.1, 0.15) is 0 Å². The van der Waals surface area contributed by atoms with Gasteiger partial charge in [0.15, 0.2) is 0 Å². The molecule has 2 aromatic rings. The second kappa shape index (κ2) is 5.66. The van der Waals surface area contributed by atoms with Gasteiger partial charge in [0.05, 0.1) is 11.3 Å². The second-order valence-electron chi connectivity index (χ2n) is 4.88. The van der Waals surface area contributed by atoms with Crippen molar-refractivity contribution in [2.45, 2.75) is 13.8 Å². The van der Waals surface area contributed by atoms with Crippen molar-refractivity contribution >= 4 is 23.3 Å². The summed E-state index contributed by atoms with van der Waals surface area (Å²) in [5.74, 6) is -1.48. The Labute approximate surface area is 122 Å². The van der Waals surface area contributed by atoms with Crippen LogP contribution < -0.4 is 11.1 Å². The number of carbonyl (C=O) groups is 2. The zero-order valence-electron chi connectivity index (χ0n) is 11.8. The number of nitrogen functional groups attached to an aromatic ring is 1. The fraction of sp³-hybridized carbons (Fsp3) is 0.125. The molecule has 4 N–H and O–H groups in total. The molecule has 0 saturated heterocycles. The van der Waals surface area contributed by atoms with E-state index in [1.54, 1.807) is 12.1 Å². The molecule has 0 aliphatic heterocycles. The minimum Gasteiger partial charge on any atom is -0.478 e. The quantitative estimate of drug-likeness (QED) is 0.756. The number of nitrogens with one attached hydrogen (secondary N) is 1. The van der Waals surface area contributed by atoms with Crippen molar-refractivity contribution in [3.8, 4) is 0 Å². The van der Waals surface area contributed by atoms with Gasteiger partial charge >= 0.3 is 5.97 Å². The Balaban J connectivity index is 2.36. The molecular formula is C16H16N2O3. The summed E-state index contributed by atoms with van der Waals surface area (Å²) in [6, 6.07) is 9.89. The molecule has 2 aromatic carbocycles. The van der Waals surface area contributed by atoms with Crippen molar-refractivity contribution in [1.29, 1.82) is 0 Å². The van der Waals surface area contributed by atoms with Crippen LogP contribution in [0.1, 0.15) is 31.8 Å². The van der Waals surface area contributed by atoms with E-state index in [1.807, 2.05) is 26.0 Å². The number of benzene rings is 2. The number of aryl methyl sites for hydroxylation is 2. The Bertz CT molecular complexity index is 723. The molecule has 0 radical (unpaired) electrons. The van der Waals surface area contributed by atoms with E-state index in [0.717, 1.165) is 11.1 Å². The Kier molecular flexibility index (Phi) is 3.93. The number of carboxylic acids is 1. The van der Waals surface area contributed by atoms with Crippen LogP contribution in [-0.4, -0.2) is 17.0 Å². The molecule has 0 heterocycles. The monoisotopic (exact) mass is 284 g/mol. The van der Waals surface area contributed by atoms with Crippen LogP contribution in [0, 0.1) is 13.8 Å². The first-order chi connectivity index (χ1) is 9.88. The van der Waals surface area contributed by atoms with E-state index in [-0.39, 0.29) is 17.2 Å². The summed E-state index contributed by atoms with van der Waals surface area (Å²) < 4.78 is 0. The molecule has 0 fully saturated rings. The van der Waals surface area contributed by atoms with Crippen LogP contribution in [0.3, 0.4) is 0 Å². The van der Waals surface area contributed by atoms with Gasteiger partial charge in [-0.25, -0.2) is 4.79 Å². The lowest BCUT2D eigenvalue weighted by Crippen LogP contribution is -2.16. The zero-order chi connectivity index (χ0) is 15.6. The fourth-order valence-corrected chi connectivity index (χ4v) is 2.02. The minimum absolute atomic E-state index is 0.0337. The van der Waals surface area contributed by atoms with Crippen LogP contribution in [0.2, 0.25) is 0 Å². The summed E-state index contributed by atoms with van der Waals surface area (Å²) in [5.41, 5.74) is 8.40. The molecule has 21 heavy (non-hydrogen) atoms. The Hall–Kier alpha value is -2.82. The summed E-state index contributed by atoms with van der Waals surface area (Å²) in [7, 11) is 0. The average Bonchev–Trinajstić information content (AvgIpc) is 2.43. The Morgan fingerprint density at radius 3 is 2.43 bits per heavy atom. The van der Waals surface area contributed by atoms with E-state index in [9.17, 15) is 9.59 Å². The van der Waals surface area contributed by atoms with Crippen molar-refractivity contribution in [2.24, 2.45) is 0 Å². The number of anilines is 2. The minimum atomic E-state index is -1.14. The molecule has 108 valence electrons. The van der Waals surface area contributed by atoms with Crippen LogP contribution >= 0.6 is 0 Å². The number of hydrogen-bond acceptors (Lipinski definition) is 3. The number of aromatic carboxylic acids is 1. The third-order valence-corrected chi connectivity index (χ3v) is 3.16. The van der Waals surface area contributed by atoms with E-state index in [0.29, 0.717) is 11.3 Å². The first kappa shape index (κ1) is 14.6. The van der Waals surface area contributed by atoms with Gasteiger partial charge in [-0.15, -0.1) is 0 Å². The lowest BCUT2D eigenvalue weighted by Gasteiger charge is -2.11. The Morgan fingerprint density at radius 2 is 1.76 bits per heavy atom. The molecule has 0 bridgehead atoms.